The zero-order chi connectivity index (χ0) is 26.4. The van der Waals surface area contributed by atoms with E-state index in [9.17, 15) is 14.4 Å². The van der Waals surface area contributed by atoms with Crippen LogP contribution in [0.25, 0.3) is 0 Å². The maximum Gasteiger partial charge on any atom is 0.290 e. The number of furan rings is 1. The van der Waals surface area contributed by atoms with Crippen LogP contribution in [0.5, 0.6) is 0 Å². The Kier molecular flexibility index (Phi) is 9.27. The number of amides is 3. The minimum Gasteiger partial charge on any atom is -0.459 e. The molecule has 2 unspecified atom stereocenters. The van der Waals surface area contributed by atoms with Gasteiger partial charge in [0.2, 0.25) is 11.8 Å². The predicted octanol–water partition coefficient (Wildman–Crippen LogP) is 3.60. The van der Waals surface area contributed by atoms with Gasteiger partial charge in [0.15, 0.2) is 5.76 Å². The molecular formula is C28H37ClN4O4. The highest BCUT2D eigenvalue weighted by atomic mass is 35.5. The number of nitrogens with one attached hydrogen (secondary N) is 1. The van der Waals surface area contributed by atoms with Crippen LogP contribution < -0.4 is 5.32 Å². The number of likely N-dealkylation sites (tertiary alicyclic amines) is 1. The van der Waals surface area contributed by atoms with Gasteiger partial charge in [-0.2, -0.15) is 0 Å². The lowest BCUT2D eigenvalue weighted by molar-refractivity contribution is -0.135. The molecular weight excluding hydrogens is 492 g/mol. The van der Waals surface area contributed by atoms with Crippen molar-refractivity contribution in [1.29, 1.82) is 0 Å². The number of benzene rings is 1. The number of hydrogen-bond acceptors (Lipinski definition) is 5. The van der Waals surface area contributed by atoms with Gasteiger partial charge in [-0.3, -0.25) is 14.4 Å². The smallest absolute Gasteiger partial charge is 0.290 e. The number of rotatable bonds is 10. The first-order chi connectivity index (χ1) is 17.8. The van der Waals surface area contributed by atoms with Crippen molar-refractivity contribution in [2.24, 2.45) is 0 Å². The zero-order valence-electron chi connectivity index (χ0n) is 21.7. The second kappa shape index (κ2) is 12.6. The topological polar surface area (TPSA) is 86.1 Å². The summed E-state index contributed by atoms with van der Waals surface area (Å²) in [6.45, 7) is 1.60. The molecule has 2 atom stereocenters. The molecule has 0 spiro atoms. The molecule has 1 saturated carbocycles. The normalized spacial score (nSPS) is 18.8. The first-order valence-electron chi connectivity index (χ1n) is 13.2. The summed E-state index contributed by atoms with van der Waals surface area (Å²) in [7, 11) is 3.82. The summed E-state index contributed by atoms with van der Waals surface area (Å²) in [5.41, 5.74) is 0.923. The molecule has 0 radical (unpaired) electrons. The Morgan fingerprint density at radius 1 is 1.08 bits per heavy atom. The van der Waals surface area contributed by atoms with Crippen LogP contribution in [0.4, 0.5) is 0 Å². The first kappa shape index (κ1) is 27.2. The van der Waals surface area contributed by atoms with Gasteiger partial charge < -0.3 is 24.4 Å². The van der Waals surface area contributed by atoms with Gasteiger partial charge in [-0.05, 0) is 63.2 Å². The summed E-state index contributed by atoms with van der Waals surface area (Å²) in [4.78, 5) is 45.5. The van der Waals surface area contributed by atoms with Crippen molar-refractivity contribution in [3.05, 3.63) is 59.0 Å². The lowest BCUT2D eigenvalue weighted by Crippen LogP contribution is -2.51. The molecule has 1 aromatic heterocycles. The highest BCUT2D eigenvalue weighted by Crippen LogP contribution is 2.30. The van der Waals surface area contributed by atoms with Gasteiger partial charge in [0.1, 0.15) is 6.04 Å². The van der Waals surface area contributed by atoms with Gasteiger partial charge in [0.25, 0.3) is 5.91 Å². The lowest BCUT2D eigenvalue weighted by atomic mass is 10.0. The van der Waals surface area contributed by atoms with Crippen LogP contribution >= 0.6 is 11.6 Å². The molecule has 1 aliphatic carbocycles. The highest BCUT2D eigenvalue weighted by Gasteiger charge is 2.40. The Morgan fingerprint density at radius 3 is 2.46 bits per heavy atom. The molecule has 200 valence electrons. The van der Waals surface area contributed by atoms with E-state index in [1.54, 1.807) is 29.2 Å². The quantitative estimate of drug-likeness (QED) is 0.509. The molecule has 1 aliphatic heterocycles. The van der Waals surface area contributed by atoms with E-state index < -0.39 is 6.04 Å². The van der Waals surface area contributed by atoms with Crippen LogP contribution in [-0.2, 0) is 16.0 Å². The Labute approximate surface area is 223 Å². The van der Waals surface area contributed by atoms with Gasteiger partial charge >= 0.3 is 0 Å². The molecule has 2 heterocycles. The van der Waals surface area contributed by atoms with E-state index >= 15 is 0 Å². The molecule has 1 aromatic carbocycles. The van der Waals surface area contributed by atoms with Gasteiger partial charge in [-0.15, -0.1) is 0 Å². The van der Waals surface area contributed by atoms with Crippen LogP contribution in [-0.4, -0.2) is 84.3 Å². The number of carbonyl (C=O) groups excluding carboxylic acids is 3. The molecule has 8 nitrogen and oxygen atoms in total. The van der Waals surface area contributed by atoms with Crippen molar-refractivity contribution in [1.82, 2.24) is 20.0 Å². The van der Waals surface area contributed by atoms with E-state index in [-0.39, 0.29) is 29.8 Å². The Hall–Kier alpha value is -2.84. The molecule has 2 aromatic rings. The van der Waals surface area contributed by atoms with Crippen molar-refractivity contribution >= 4 is 29.3 Å². The van der Waals surface area contributed by atoms with E-state index in [1.807, 2.05) is 36.0 Å². The third-order valence-corrected chi connectivity index (χ3v) is 7.58. The second-order valence-corrected chi connectivity index (χ2v) is 10.8. The SMILES string of the molecule is CN(C)CCC(=O)NC(Cc1ccc(Cl)cc1)C(=O)N1CCC(N(C(=O)c2ccco2)C2CCCC2)C1. The lowest BCUT2D eigenvalue weighted by Gasteiger charge is -2.34. The fourth-order valence-electron chi connectivity index (χ4n) is 5.38. The average molecular weight is 529 g/mol. The third kappa shape index (κ3) is 7.14. The summed E-state index contributed by atoms with van der Waals surface area (Å²) >= 11 is 6.04. The summed E-state index contributed by atoms with van der Waals surface area (Å²) in [6.07, 6.45) is 7.06. The van der Waals surface area contributed by atoms with Gasteiger partial charge in [0, 0.05) is 43.5 Å². The van der Waals surface area contributed by atoms with Crippen LogP contribution in [0.1, 0.15) is 54.6 Å². The monoisotopic (exact) mass is 528 g/mol. The minimum atomic E-state index is -0.685. The van der Waals surface area contributed by atoms with Crippen LogP contribution in [0.2, 0.25) is 5.02 Å². The number of hydrogen-bond donors (Lipinski definition) is 1. The standard InChI is InChI=1S/C28H37ClN4O4/c1-31(2)15-14-26(34)30-24(18-20-9-11-21(29)12-10-20)27(35)32-16-13-23(19-32)33(22-6-3-4-7-22)28(36)25-8-5-17-37-25/h5,8-12,17,22-24H,3-4,6-7,13-16,18-19H2,1-2H3,(H,30,34). The predicted molar refractivity (Wildman–Crippen MR) is 142 cm³/mol. The van der Waals surface area contributed by atoms with Crippen LogP contribution in [0.15, 0.2) is 47.1 Å². The minimum absolute atomic E-state index is 0.0784. The summed E-state index contributed by atoms with van der Waals surface area (Å²) in [5, 5.41) is 3.59. The molecule has 37 heavy (non-hydrogen) atoms. The van der Waals surface area contributed by atoms with Crippen molar-refractivity contribution < 1.29 is 18.8 Å². The molecule has 2 fully saturated rings. The summed E-state index contributed by atoms with van der Waals surface area (Å²) in [6, 6.07) is 10.2. The fraction of sp³-hybridized carbons (Fsp3) is 0.536. The van der Waals surface area contributed by atoms with Gasteiger partial charge in [0.05, 0.1) is 12.3 Å². The first-order valence-corrected chi connectivity index (χ1v) is 13.5. The summed E-state index contributed by atoms with van der Waals surface area (Å²) in [5.74, 6) is -0.0406. The van der Waals surface area contributed by atoms with Crippen LogP contribution in [0, 0.1) is 0 Å². The Balaban J connectivity index is 1.48. The molecule has 3 amide bonds. The molecule has 1 N–H and O–H groups in total. The Bertz CT molecular complexity index is 1050. The molecule has 9 heteroatoms. The van der Waals surface area contributed by atoms with E-state index in [4.69, 9.17) is 16.0 Å². The van der Waals surface area contributed by atoms with Crippen molar-refractivity contribution in [2.75, 3.05) is 33.7 Å². The maximum absolute atomic E-state index is 13.7. The van der Waals surface area contributed by atoms with Crippen molar-refractivity contribution in [2.45, 2.75) is 63.1 Å². The van der Waals surface area contributed by atoms with E-state index in [2.05, 4.69) is 5.32 Å². The maximum atomic E-state index is 13.7. The zero-order valence-corrected chi connectivity index (χ0v) is 22.5. The molecule has 0 bridgehead atoms. The van der Waals surface area contributed by atoms with Crippen molar-refractivity contribution in [3.63, 3.8) is 0 Å². The number of nitrogens with zero attached hydrogens (tertiary/aromatic N) is 3. The molecule has 2 aliphatic rings. The van der Waals surface area contributed by atoms with Crippen LogP contribution in [0.3, 0.4) is 0 Å². The van der Waals surface area contributed by atoms with Gasteiger partial charge in [-0.1, -0.05) is 36.6 Å². The molecule has 1 saturated heterocycles. The third-order valence-electron chi connectivity index (χ3n) is 7.33. The van der Waals surface area contributed by atoms with Crippen molar-refractivity contribution in [3.8, 4) is 0 Å². The Morgan fingerprint density at radius 2 is 1.81 bits per heavy atom. The average Bonchev–Trinajstić information content (AvgIpc) is 3.67. The summed E-state index contributed by atoms with van der Waals surface area (Å²) < 4.78 is 5.43. The molecule has 4 rings (SSSR count). The highest BCUT2D eigenvalue weighted by molar-refractivity contribution is 6.30. The van der Waals surface area contributed by atoms with Gasteiger partial charge in [-0.25, -0.2) is 0 Å². The number of carbonyl (C=O) groups is 3. The largest absolute Gasteiger partial charge is 0.459 e. The van der Waals surface area contributed by atoms with E-state index in [0.29, 0.717) is 49.7 Å². The van der Waals surface area contributed by atoms with E-state index in [0.717, 1.165) is 31.2 Å². The second-order valence-electron chi connectivity index (χ2n) is 10.4. The number of halogens is 1. The van der Waals surface area contributed by atoms with E-state index in [1.165, 1.54) is 6.26 Å². The fourth-order valence-corrected chi connectivity index (χ4v) is 5.50.